The summed E-state index contributed by atoms with van der Waals surface area (Å²) < 4.78 is 5.16. The van der Waals surface area contributed by atoms with Crippen molar-refractivity contribution in [3.05, 3.63) is 58.6 Å². The molecule has 2 rings (SSSR count). The summed E-state index contributed by atoms with van der Waals surface area (Å²) in [7, 11) is 0. The second-order valence-corrected chi connectivity index (χ2v) is 8.25. The summed E-state index contributed by atoms with van der Waals surface area (Å²) in [5, 5.41) is 8.10. The average molecular weight is 432 g/mol. The van der Waals surface area contributed by atoms with Gasteiger partial charge in [-0.3, -0.25) is 9.59 Å². The first-order valence-electron chi connectivity index (χ1n) is 9.43. The highest BCUT2D eigenvalue weighted by Gasteiger charge is 2.23. The maximum atomic E-state index is 12.8. The van der Waals surface area contributed by atoms with Crippen molar-refractivity contribution >= 4 is 40.9 Å². The van der Waals surface area contributed by atoms with Gasteiger partial charge in [-0.15, -0.1) is 0 Å². The fraction of sp³-hybridized carbons (Fsp3) is 0.318. The van der Waals surface area contributed by atoms with E-state index in [1.165, 1.54) is 6.92 Å². The molecule has 8 heteroatoms. The molecular formula is C22H26ClN3O4. The van der Waals surface area contributed by atoms with Crippen LogP contribution in [0, 0.1) is 6.92 Å². The number of hydrogen-bond acceptors (Lipinski definition) is 4. The molecule has 0 unspecified atom stereocenters. The highest BCUT2D eigenvalue weighted by Crippen LogP contribution is 2.28. The molecule has 0 spiro atoms. The van der Waals surface area contributed by atoms with E-state index in [0.717, 1.165) is 5.56 Å². The Balaban J connectivity index is 2.19. The summed E-state index contributed by atoms with van der Waals surface area (Å²) >= 11 is 6.31. The van der Waals surface area contributed by atoms with Gasteiger partial charge in [-0.1, -0.05) is 29.8 Å². The Morgan fingerprint density at radius 2 is 1.67 bits per heavy atom. The molecule has 0 saturated carbocycles. The lowest BCUT2D eigenvalue weighted by atomic mass is 10.1. The SMILES string of the molecule is Cc1cc(Cl)c(C(=O)Nc2ccccc2)c(NC(=O)[C@H](C)NC(=O)OC(C)(C)C)c1. The zero-order valence-corrected chi connectivity index (χ0v) is 18.4. The van der Waals surface area contributed by atoms with E-state index < -0.39 is 29.6 Å². The predicted octanol–water partition coefficient (Wildman–Crippen LogP) is 4.75. The van der Waals surface area contributed by atoms with E-state index >= 15 is 0 Å². The molecule has 3 N–H and O–H groups in total. The Hall–Kier alpha value is -3.06. The van der Waals surface area contributed by atoms with Gasteiger partial charge >= 0.3 is 6.09 Å². The lowest BCUT2D eigenvalue weighted by molar-refractivity contribution is -0.117. The van der Waals surface area contributed by atoms with Crippen molar-refractivity contribution in [1.82, 2.24) is 5.32 Å². The minimum atomic E-state index is -0.899. The van der Waals surface area contributed by atoms with Gasteiger partial charge in [-0.2, -0.15) is 0 Å². The van der Waals surface area contributed by atoms with Crippen LogP contribution < -0.4 is 16.0 Å². The predicted molar refractivity (Wildman–Crippen MR) is 118 cm³/mol. The second kappa shape index (κ2) is 9.63. The number of carbonyl (C=O) groups is 3. The van der Waals surface area contributed by atoms with Gasteiger partial charge in [-0.25, -0.2) is 4.79 Å². The largest absolute Gasteiger partial charge is 0.444 e. The van der Waals surface area contributed by atoms with Crippen molar-refractivity contribution in [2.75, 3.05) is 10.6 Å². The molecule has 0 aliphatic rings. The van der Waals surface area contributed by atoms with Crippen molar-refractivity contribution < 1.29 is 19.1 Å². The summed E-state index contributed by atoms with van der Waals surface area (Å²) in [6, 6.07) is 11.3. The Morgan fingerprint density at radius 1 is 1.03 bits per heavy atom. The van der Waals surface area contributed by atoms with Gasteiger partial charge in [0.05, 0.1) is 16.3 Å². The topological polar surface area (TPSA) is 96.5 Å². The van der Waals surface area contributed by atoms with Gasteiger partial charge in [-0.05, 0) is 64.4 Å². The molecule has 7 nitrogen and oxygen atoms in total. The third-order valence-electron chi connectivity index (χ3n) is 3.88. The zero-order valence-electron chi connectivity index (χ0n) is 17.6. The molecule has 0 heterocycles. The van der Waals surface area contributed by atoms with E-state index in [1.54, 1.807) is 64.1 Å². The van der Waals surface area contributed by atoms with Crippen LogP contribution in [0.2, 0.25) is 5.02 Å². The first-order chi connectivity index (χ1) is 14.0. The van der Waals surface area contributed by atoms with Gasteiger partial charge in [0.15, 0.2) is 0 Å². The van der Waals surface area contributed by atoms with E-state index in [9.17, 15) is 14.4 Å². The number of benzene rings is 2. The second-order valence-electron chi connectivity index (χ2n) is 7.85. The number of halogens is 1. The summed E-state index contributed by atoms with van der Waals surface area (Å²) in [4.78, 5) is 37.3. The molecule has 30 heavy (non-hydrogen) atoms. The number of ether oxygens (including phenoxy) is 1. The first-order valence-corrected chi connectivity index (χ1v) is 9.81. The number of rotatable bonds is 5. The van der Waals surface area contributed by atoms with Crippen molar-refractivity contribution in [3.8, 4) is 0 Å². The van der Waals surface area contributed by atoms with E-state index in [0.29, 0.717) is 5.69 Å². The van der Waals surface area contributed by atoms with Crippen molar-refractivity contribution in [2.45, 2.75) is 46.3 Å². The van der Waals surface area contributed by atoms with E-state index in [1.807, 2.05) is 6.07 Å². The molecule has 0 bridgehead atoms. The molecule has 0 aliphatic carbocycles. The minimum absolute atomic E-state index is 0.129. The van der Waals surface area contributed by atoms with Crippen LogP contribution in [0.3, 0.4) is 0 Å². The molecule has 1 atom stereocenters. The van der Waals surface area contributed by atoms with Crippen LogP contribution in [0.25, 0.3) is 0 Å². The molecule has 2 aromatic carbocycles. The third-order valence-corrected chi connectivity index (χ3v) is 4.18. The van der Waals surface area contributed by atoms with Crippen LogP contribution >= 0.6 is 11.6 Å². The third kappa shape index (κ3) is 6.77. The number of anilines is 2. The molecule has 0 saturated heterocycles. The smallest absolute Gasteiger partial charge is 0.408 e. The number of hydrogen-bond donors (Lipinski definition) is 3. The summed E-state index contributed by atoms with van der Waals surface area (Å²) in [5.41, 5.74) is 1.04. The Morgan fingerprint density at radius 3 is 2.27 bits per heavy atom. The number of carbonyl (C=O) groups excluding carboxylic acids is 3. The normalized spacial score (nSPS) is 11.9. The van der Waals surface area contributed by atoms with Crippen molar-refractivity contribution in [3.63, 3.8) is 0 Å². The monoisotopic (exact) mass is 431 g/mol. The quantitative estimate of drug-likeness (QED) is 0.636. The fourth-order valence-corrected chi connectivity index (χ4v) is 2.94. The van der Waals surface area contributed by atoms with Gasteiger partial charge in [0, 0.05) is 5.69 Å². The fourth-order valence-electron chi connectivity index (χ4n) is 2.58. The van der Waals surface area contributed by atoms with Gasteiger partial charge in [0.25, 0.3) is 5.91 Å². The Kier molecular flexibility index (Phi) is 7.45. The highest BCUT2D eigenvalue weighted by molar-refractivity contribution is 6.35. The Bertz CT molecular complexity index is 939. The standard InChI is InChI=1S/C22H26ClN3O4/c1-13-11-16(23)18(20(28)25-15-9-7-6-8-10-15)17(12-13)26-19(27)14(2)24-21(29)30-22(3,4)5/h6-12,14H,1-5H3,(H,24,29)(H,25,28)(H,26,27)/t14-/m0/s1. The molecule has 2 aromatic rings. The van der Waals surface area contributed by atoms with Crippen LogP contribution in [0.1, 0.15) is 43.6 Å². The first kappa shape index (κ1) is 23.2. The highest BCUT2D eigenvalue weighted by atomic mass is 35.5. The van der Waals surface area contributed by atoms with E-state index in [2.05, 4.69) is 16.0 Å². The lowest BCUT2D eigenvalue weighted by Crippen LogP contribution is -2.44. The summed E-state index contributed by atoms with van der Waals surface area (Å²) in [5.74, 6) is -0.981. The van der Waals surface area contributed by atoms with Gasteiger partial charge < -0.3 is 20.7 Å². The molecule has 0 aromatic heterocycles. The van der Waals surface area contributed by atoms with Gasteiger partial charge in [0.1, 0.15) is 11.6 Å². The minimum Gasteiger partial charge on any atom is -0.444 e. The maximum Gasteiger partial charge on any atom is 0.408 e. The van der Waals surface area contributed by atoms with Gasteiger partial charge in [0.2, 0.25) is 5.91 Å². The van der Waals surface area contributed by atoms with Crippen LogP contribution in [0.5, 0.6) is 0 Å². The van der Waals surface area contributed by atoms with Crippen LogP contribution in [0.15, 0.2) is 42.5 Å². The number of nitrogens with one attached hydrogen (secondary N) is 3. The number of amides is 3. The molecule has 0 radical (unpaired) electrons. The lowest BCUT2D eigenvalue weighted by Gasteiger charge is -2.22. The van der Waals surface area contributed by atoms with E-state index in [-0.39, 0.29) is 16.3 Å². The number of para-hydroxylation sites is 1. The average Bonchev–Trinajstić information content (AvgIpc) is 2.60. The molecule has 160 valence electrons. The number of aryl methyl sites for hydroxylation is 1. The Labute approximate surface area is 181 Å². The molecule has 0 fully saturated rings. The number of alkyl carbamates (subject to hydrolysis) is 1. The summed E-state index contributed by atoms with van der Waals surface area (Å²) in [6.45, 7) is 8.49. The van der Waals surface area contributed by atoms with Crippen LogP contribution in [-0.4, -0.2) is 29.6 Å². The van der Waals surface area contributed by atoms with Crippen molar-refractivity contribution in [2.24, 2.45) is 0 Å². The maximum absolute atomic E-state index is 12.8. The van der Waals surface area contributed by atoms with Crippen LogP contribution in [-0.2, 0) is 9.53 Å². The molecular weight excluding hydrogens is 406 g/mol. The van der Waals surface area contributed by atoms with Crippen LogP contribution in [0.4, 0.5) is 16.2 Å². The molecule has 0 aliphatic heterocycles. The molecule has 3 amide bonds. The summed E-state index contributed by atoms with van der Waals surface area (Å²) in [6.07, 6.45) is -0.713. The van der Waals surface area contributed by atoms with E-state index in [4.69, 9.17) is 16.3 Å². The van der Waals surface area contributed by atoms with Crippen molar-refractivity contribution in [1.29, 1.82) is 0 Å². The zero-order chi connectivity index (χ0) is 22.5.